The molecule has 0 unspecified atom stereocenters. The SMILES string of the molecule is CCCCCCCCCCCC1=[N+](CCO)CCN1C.Cc1ccc(S(=O)(=O)[O-])cc1. The van der Waals surface area contributed by atoms with E-state index in [2.05, 4.69) is 23.4 Å². The van der Waals surface area contributed by atoms with Crippen molar-refractivity contribution in [2.24, 2.45) is 0 Å². The lowest BCUT2D eigenvalue weighted by Gasteiger charge is -2.08. The molecule has 1 aromatic carbocycles. The zero-order valence-corrected chi connectivity index (χ0v) is 20.5. The minimum absolute atomic E-state index is 0.178. The molecule has 0 saturated heterocycles. The molecule has 0 aliphatic carbocycles. The maximum atomic E-state index is 10.4. The van der Waals surface area contributed by atoms with Gasteiger partial charge in [0.05, 0.1) is 18.6 Å². The molecular formula is C24H42N2O4S. The molecule has 1 aliphatic rings. The maximum Gasteiger partial charge on any atom is 0.246 e. The van der Waals surface area contributed by atoms with E-state index in [4.69, 9.17) is 5.11 Å². The van der Waals surface area contributed by atoms with Gasteiger partial charge in [0.1, 0.15) is 29.8 Å². The molecule has 1 N–H and O–H groups in total. The minimum atomic E-state index is -4.27. The van der Waals surface area contributed by atoms with Gasteiger partial charge in [0, 0.05) is 6.42 Å². The number of aliphatic hydroxyl groups excluding tert-OH is 1. The van der Waals surface area contributed by atoms with Crippen LogP contribution in [-0.4, -0.2) is 66.7 Å². The summed E-state index contributed by atoms with van der Waals surface area (Å²) in [4.78, 5) is 2.18. The van der Waals surface area contributed by atoms with Crippen LogP contribution in [0.15, 0.2) is 29.2 Å². The highest BCUT2D eigenvalue weighted by Gasteiger charge is 2.25. The van der Waals surface area contributed by atoms with Crippen LogP contribution >= 0.6 is 0 Å². The molecule has 1 heterocycles. The number of β-amino-alcohol motifs (C(OH)–C–C–N with tert-alkyl or cyclic N) is 1. The zero-order valence-electron chi connectivity index (χ0n) is 19.7. The summed E-state index contributed by atoms with van der Waals surface area (Å²) in [6.07, 6.45) is 13.7. The van der Waals surface area contributed by atoms with Gasteiger partial charge in [0.15, 0.2) is 0 Å². The lowest BCUT2D eigenvalue weighted by molar-refractivity contribution is -0.521. The van der Waals surface area contributed by atoms with Crippen LogP contribution < -0.4 is 0 Å². The minimum Gasteiger partial charge on any atom is -0.744 e. The quantitative estimate of drug-likeness (QED) is 0.275. The van der Waals surface area contributed by atoms with Gasteiger partial charge in [-0.05, 0) is 25.5 Å². The third kappa shape index (κ3) is 11.7. The molecule has 0 fully saturated rings. The molecule has 0 aromatic heterocycles. The second-order valence-electron chi connectivity index (χ2n) is 8.39. The van der Waals surface area contributed by atoms with Crippen molar-refractivity contribution in [3.63, 3.8) is 0 Å². The molecule has 178 valence electrons. The number of aryl methyl sites for hydroxylation is 1. The van der Waals surface area contributed by atoms with Crippen molar-refractivity contribution in [1.29, 1.82) is 0 Å². The van der Waals surface area contributed by atoms with Crippen LogP contribution in [0.3, 0.4) is 0 Å². The third-order valence-corrected chi connectivity index (χ3v) is 6.54. The van der Waals surface area contributed by atoms with Gasteiger partial charge in [0.25, 0.3) is 0 Å². The van der Waals surface area contributed by atoms with Crippen LogP contribution in [0.1, 0.15) is 76.7 Å². The first-order chi connectivity index (χ1) is 14.8. The molecule has 31 heavy (non-hydrogen) atoms. The number of aliphatic hydroxyl groups is 1. The van der Waals surface area contributed by atoms with Gasteiger partial charge in [-0.25, -0.2) is 8.42 Å². The first kappa shape index (κ1) is 27.6. The Labute approximate surface area is 189 Å². The average molecular weight is 455 g/mol. The van der Waals surface area contributed by atoms with E-state index in [1.165, 1.54) is 82.2 Å². The van der Waals surface area contributed by atoms with Crippen molar-refractivity contribution in [1.82, 2.24) is 4.90 Å². The van der Waals surface area contributed by atoms with Gasteiger partial charge in [-0.2, -0.15) is 0 Å². The average Bonchev–Trinajstić information content (AvgIpc) is 3.07. The van der Waals surface area contributed by atoms with Gasteiger partial charge in [-0.15, -0.1) is 0 Å². The molecule has 7 heteroatoms. The van der Waals surface area contributed by atoms with Crippen molar-refractivity contribution >= 4 is 16.0 Å². The van der Waals surface area contributed by atoms with Crippen LogP contribution in [-0.2, 0) is 10.1 Å². The van der Waals surface area contributed by atoms with E-state index in [9.17, 15) is 13.0 Å². The van der Waals surface area contributed by atoms with Gasteiger partial charge in [-0.1, -0.05) is 76.0 Å². The Balaban J connectivity index is 0.000000367. The number of hydrogen-bond acceptors (Lipinski definition) is 5. The van der Waals surface area contributed by atoms with E-state index >= 15 is 0 Å². The Kier molecular flexibility index (Phi) is 13.7. The van der Waals surface area contributed by atoms with Crippen molar-refractivity contribution in [3.8, 4) is 0 Å². The Bertz CT molecular complexity index is 745. The first-order valence-electron chi connectivity index (χ1n) is 11.7. The largest absolute Gasteiger partial charge is 0.744 e. The molecule has 6 nitrogen and oxygen atoms in total. The summed E-state index contributed by atoms with van der Waals surface area (Å²) < 4.78 is 33.5. The number of benzene rings is 1. The summed E-state index contributed by atoms with van der Waals surface area (Å²) in [5.41, 5.74) is 0.928. The van der Waals surface area contributed by atoms with Crippen LogP contribution in [0.2, 0.25) is 0 Å². The number of rotatable bonds is 13. The van der Waals surface area contributed by atoms with E-state index in [1.54, 1.807) is 12.1 Å². The van der Waals surface area contributed by atoms with Crippen molar-refractivity contribution < 1.29 is 22.7 Å². The van der Waals surface area contributed by atoms with Gasteiger partial charge in [0.2, 0.25) is 5.84 Å². The summed E-state index contributed by atoms with van der Waals surface area (Å²) in [6, 6.07) is 5.78. The molecule has 0 amide bonds. The van der Waals surface area contributed by atoms with Crippen LogP contribution in [0.4, 0.5) is 0 Å². The number of likely N-dealkylation sites (N-methyl/N-ethyl adjacent to an activating group) is 1. The van der Waals surface area contributed by atoms with Crippen molar-refractivity contribution in [2.45, 2.75) is 83.0 Å². The lowest BCUT2D eigenvalue weighted by atomic mass is 10.1. The molecule has 0 spiro atoms. The number of nitrogens with zero attached hydrogens (tertiary/aromatic N) is 2. The second kappa shape index (κ2) is 15.4. The number of unbranched alkanes of at least 4 members (excludes halogenated alkanes) is 8. The predicted octanol–water partition coefficient (Wildman–Crippen LogP) is 4.16. The number of hydrogen-bond donors (Lipinski definition) is 1. The normalized spacial score (nSPS) is 14.0. The highest BCUT2D eigenvalue weighted by atomic mass is 32.2. The maximum absolute atomic E-state index is 10.4. The van der Waals surface area contributed by atoms with E-state index in [0.717, 1.165) is 25.2 Å². The topological polar surface area (TPSA) is 83.7 Å². The van der Waals surface area contributed by atoms with Crippen LogP contribution in [0.5, 0.6) is 0 Å². The summed E-state index contributed by atoms with van der Waals surface area (Å²) in [5.74, 6) is 1.45. The fourth-order valence-electron chi connectivity index (χ4n) is 3.78. The van der Waals surface area contributed by atoms with Crippen LogP contribution in [0, 0.1) is 6.92 Å². The fourth-order valence-corrected chi connectivity index (χ4v) is 4.25. The summed E-state index contributed by atoms with van der Waals surface area (Å²) >= 11 is 0. The molecule has 0 radical (unpaired) electrons. The molecule has 1 aromatic rings. The summed E-state index contributed by atoms with van der Waals surface area (Å²) in [6.45, 7) is 7.38. The van der Waals surface area contributed by atoms with Crippen molar-refractivity contribution in [2.75, 3.05) is 33.3 Å². The Hall–Kier alpha value is -1.44. The molecular weight excluding hydrogens is 412 g/mol. The van der Waals surface area contributed by atoms with E-state index < -0.39 is 10.1 Å². The Morgan fingerprint density at radius 1 is 1.00 bits per heavy atom. The molecule has 0 atom stereocenters. The molecule has 2 rings (SSSR count). The number of amidine groups is 1. The Morgan fingerprint density at radius 2 is 1.55 bits per heavy atom. The molecule has 1 aliphatic heterocycles. The van der Waals surface area contributed by atoms with Crippen LogP contribution in [0.25, 0.3) is 0 Å². The highest BCUT2D eigenvalue weighted by Crippen LogP contribution is 2.12. The summed E-state index contributed by atoms with van der Waals surface area (Å²) in [5, 5.41) is 9.09. The zero-order chi connectivity index (χ0) is 23.1. The monoisotopic (exact) mass is 454 g/mol. The van der Waals surface area contributed by atoms with E-state index in [1.807, 2.05) is 6.92 Å². The van der Waals surface area contributed by atoms with Crippen molar-refractivity contribution in [3.05, 3.63) is 29.8 Å². The second-order valence-corrected chi connectivity index (χ2v) is 9.77. The van der Waals surface area contributed by atoms with E-state index in [0.29, 0.717) is 0 Å². The van der Waals surface area contributed by atoms with Gasteiger partial charge in [-0.3, -0.25) is 9.48 Å². The van der Waals surface area contributed by atoms with Gasteiger partial charge >= 0.3 is 0 Å². The van der Waals surface area contributed by atoms with E-state index in [-0.39, 0.29) is 11.5 Å². The molecule has 0 saturated carbocycles. The lowest BCUT2D eigenvalue weighted by Crippen LogP contribution is -2.26. The smallest absolute Gasteiger partial charge is 0.246 e. The highest BCUT2D eigenvalue weighted by molar-refractivity contribution is 7.85. The van der Waals surface area contributed by atoms with Gasteiger partial charge < -0.3 is 9.66 Å². The standard InChI is InChI=1S/C17H35N2O.C7H8O3S/c1-3-4-5-6-7-8-9-10-11-12-17-18(2)13-14-19(17)15-16-20;1-6-2-4-7(5-3-6)11(8,9)10/h20H,3-16H2,1-2H3;2-5H,1H3,(H,8,9,10)/q+1;/p-1. The fraction of sp³-hybridized carbons (Fsp3) is 0.708. The Morgan fingerprint density at radius 3 is 2.06 bits per heavy atom. The first-order valence-corrected chi connectivity index (χ1v) is 13.2. The third-order valence-electron chi connectivity index (χ3n) is 5.69. The predicted molar refractivity (Wildman–Crippen MR) is 126 cm³/mol. The summed E-state index contributed by atoms with van der Waals surface area (Å²) in [7, 11) is -2.09. The molecule has 0 bridgehead atoms.